The minimum atomic E-state index is -1.02. The number of nitrogens with one attached hydrogen (secondary N) is 1. The Bertz CT molecular complexity index is 544. The number of ether oxygens (including phenoxy) is 1. The summed E-state index contributed by atoms with van der Waals surface area (Å²) in [6, 6.07) is 7.08. The standard InChI is InChI=1S/C14H17ClN2O4/c1-14(21-7-12(18)19)8-17(9-14)13(20)16-6-10-4-2-3-5-11(10)15/h2-5H,6-9H2,1H3,(H,16,20)(H,18,19). The maximum Gasteiger partial charge on any atom is 0.329 e. The number of nitrogens with zero attached hydrogens (tertiary/aromatic N) is 1. The fraction of sp³-hybridized carbons (Fsp3) is 0.429. The number of carbonyl (C=O) groups is 2. The van der Waals surface area contributed by atoms with Crippen LogP contribution in [0.4, 0.5) is 4.79 Å². The van der Waals surface area contributed by atoms with Gasteiger partial charge in [0.25, 0.3) is 0 Å². The van der Waals surface area contributed by atoms with Gasteiger partial charge in [-0.3, -0.25) is 0 Å². The topological polar surface area (TPSA) is 78.9 Å². The highest BCUT2D eigenvalue weighted by Gasteiger charge is 2.42. The fourth-order valence-electron chi connectivity index (χ4n) is 2.16. The highest BCUT2D eigenvalue weighted by Crippen LogP contribution is 2.24. The Morgan fingerprint density at radius 3 is 2.71 bits per heavy atom. The molecule has 21 heavy (non-hydrogen) atoms. The predicted octanol–water partition coefficient (Wildman–Crippen LogP) is 1.73. The summed E-state index contributed by atoms with van der Waals surface area (Å²) in [5, 5.41) is 12.0. The zero-order valence-corrected chi connectivity index (χ0v) is 12.4. The first-order valence-corrected chi connectivity index (χ1v) is 6.89. The van der Waals surface area contributed by atoms with Crippen LogP contribution >= 0.6 is 11.6 Å². The Balaban J connectivity index is 1.76. The van der Waals surface area contributed by atoms with Crippen LogP contribution in [-0.2, 0) is 16.1 Å². The smallest absolute Gasteiger partial charge is 0.329 e. The Labute approximate surface area is 127 Å². The van der Waals surface area contributed by atoms with Crippen LogP contribution in [0.2, 0.25) is 5.02 Å². The van der Waals surface area contributed by atoms with Gasteiger partial charge in [0.1, 0.15) is 12.2 Å². The van der Waals surface area contributed by atoms with Crippen molar-refractivity contribution in [1.29, 1.82) is 0 Å². The average Bonchev–Trinajstić information content (AvgIpc) is 2.41. The van der Waals surface area contributed by atoms with Gasteiger partial charge in [-0.2, -0.15) is 0 Å². The third-order valence-corrected chi connectivity index (χ3v) is 3.64. The second-order valence-corrected chi connectivity index (χ2v) is 5.65. The lowest BCUT2D eigenvalue weighted by Gasteiger charge is -2.46. The lowest BCUT2D eigenvalue weighted by atomic mass is 9.97. The summed E-state index contributed by atoms with van der Waals surface area (Å²) in [6.45, 7) is 2.52. The van der Waals surface area contributed by atoms with Crippen LogP contribution < -0.4 is 5.32 Å². The number of rotatable bonds is 5. The molecule has 0 radical (unpaired) electrons. The van der Waals surface area contributed by atoms with E-state index >= 15 is 0 Å². The summed E-state index contributed by atoms with van der Waals surface area (Å²) in [5.74, 6) is -1.02. The largest absolute Gasteiger partial charge is 0.480 e. The van der Waals surface area contributed by atoms with Crippen molar-refractivity contribution in [3.63, 3.8) is 0 Å². The second kappa shape index (κ2) is 6.32. The molecule has 1 aliphatic rings. The Morgan fingerprint density at radius 2 is 2.10 bits per heavy atom. The van der Waals surface area contributed by atoms with Crippen molar-refractivity contribution in [2.45, 2.75) is 19.1 Å². The summed E-state index contributed by atoms with van der Waals surface area (Å²) in [7, 11) is 0. The molecular formula is C14H17ClN2O4. The number of carboxylic acid groups (broad SMARTS) is 1. The highest BCUT2D eigenvalue weighted by atomic mass is 35.5. The normalized spacial score (nSPS) is 16.2. The summed E-state index contributed by atoms with van der Waals surface area (Å²) in [4.78, 5) is 24.0. The second-order valence-electron chi connectivity index (χ2n) is 5.24. The Kier molecular flexibility index (Phi) is 4.69. The van der Waals surface area contributed by atoms with E-state index in [1.807, 2.05) is 18.2 Å². The first-order chi connectivity index (χ1) is 9.89. The van der Waals surface area contributed by atoms with E-state index in [1.165, 1.54) is 0 Å². The number of aliphatic carboxylic acids is 1. The Hall–Kier alpha value is -1.79. The average molecular weight is 313 g/mol. The van der Waals surface area contributed by atoms with Gasteiger partial charge in [-0.05, 0) is 18.6 Å². The molecule has 0 spiro atoms. The van der Waals surface area contributed by atoms with Gasteiger partial charge >= 0.3 is 12.0 Å². The van der Waals surface area contributed by atoms with E-state index < -0.39 is 11.6 Å². The first-order valence-electron chi connectivity index (χ1n) is 6.51. The van der Waals surface area contributed by atoms with E-state index in [0.29, 0.717) is 24.7 Å². The van der Waals surface area contributed by atoms with Crippen molar-refractivity contribution in [2.75, 3.05) is 19.7 Å². The molecule has 0 aliphatic carbocycles. The van der Waals surface area contributed by atoms with Gasteiger partial charge < -0.3 is 20.1 Å². The maximum absolute atomic E-state index is 11.9. The molecule has 1 aromatic rings. The van der Waals surface area contributed by atoms with Crippen LogP contribution in [-0.4, -0.2) is 47.3 Å². The van der Waals surface area contributed by atoms with Crippen molar-refractivity contribution in [1.82, 2.24) is 10.2 Å². The molecule has 1 fully saturated rings. The quantitative estimate of drug-likeness (QED) is 0.868. The predicted molar refractivity (Wildman–Crippen MR) is 77.3 cm³/mol. The molecule has 1 heterocycles. The van der Waals surface area contributed by atoms with Gasteiger partial charge in [0.05, 0.1) is 13.1 Å². The molecule has 1 aromatic carbocycles. The molecule has 0 bridgehead atoms. The number of carboxylic acids is 1. The zero-order chi connectivity index (χ0) is 15.5. The molecule has 2 rings (SSSR count). The molecule has 7 heteroatoms. The number of hydrogen-bond donors (Lipinski definition) is 2. The van der Waals surface area contributed by atoms with E-state index in [4.69, 9.17) is 21.4 Å². The van der Waals surface area contributed by atoms with Crippen molar-refractivity contribution >= 4 is 23.6 Å². The number of hydrogen-bond acceptors (Lipinski definition) is 3. The van der Waals surface area contributed by atoms with Gasteiger partial charge in [0, 0.05) is 11.6 Å². The molecule has 0 atom stereocenters. The number of urea groups is 1. The summed E-state index contributed by atoms with van der Waals surface area (Å²) in [5.41, 5.74) is 0.262. The van der Waals surface area contributed by atoms with E-state index in [9.17, 15) is 9.59 Å². The summed E-state index contributed by atoms with van der Waals surface area (Å²) < 4.78 is 5.25. The molecule has 1 aliphatic heterocycles. The monoisotopic (exact) mass is 312 g/mol. The van der Waals surface area contributed by atoms with E-state index in [2.05, 4.69) is 5.32 Å². The number of likely N-dealkylation sites (tertiary alicyclic amines) is 1. The molecule has 0 aromatic heterocycles. The van der Waals surface area contributed by atoms with E-state index in [0.717, 1.165) is 5.56 Å². The van der Waals surface area contributed by atoms with Crippen LogP contribution in [0.15, 0.2) is 24.3 Å². The first kappa shape index (κ1) is 15.6. The van der Waals surface area contributed by atoms with Crippen LogP contribution in [0.3, 0.4) is 0 Å². The van der Waals surface area contributed by atoms with E-state index in [1.54, 1.807) is 17.9 Å². The molecule has 1 saturated heterocycles. The number of benzene rings is 1. The number of halogens is 1. The van der Waals surface area contributed by atoms with Gasteiger partial charge in [-0.25, -0.2) is 9.59 Å². The SMILES string of the molecule is CC1(OCC(=O)O)CN(C(=O)NCc2ccccc2Cl)C1. The lowest BCUT2D eigenvalue weighted by molar-refractivity contribution is -0.159. The van der Waals surface area contributed by atoms with Crippen molar-refractivity contribution in [3.05, 3.63) is 34.9 Å². The molecule has 114 valence electrons. The highest BCUT2D eigenvalue weighted by molar-refractivity contribution is 6.31. The number of carbonyl (C=O) groups excluding carboxylic acids is 1. The summed E-state index contributed by atoms with van der Waals surface area (Å²) in [6.07, 6.45) is 0. The lowest BCUT2D eigenvalue weighted by Crippen LogP contribution is -2.65. The molecule has 0 saturated carbocycles. The third kappa shape index (κ3) is 4.09. The van der Waals surface area contributed by atoms with Crippen molar-refractivity contribution in [2.24, 2.45) is 0 Å². The molecule has 2 amide bonds. The van der Waals surface area contributed by atoms with Gasteiger partial charge in [0.2, 0.25) is 0 Å². The van der Waals surface area contributed by atoms with Crippen LogP contribution in [0, 0.1) is 0 Å². The van der Waals surface area contributed by atoms with Crippen molar-refractivity contribution < 1.29 is 19.4 Å². The molecule has 2 N–H and O–H groups in total. The molecular weight excluding hydrogens is 296 g/mol. The van der Waals surface area contributed by atoms with Crippen LogP contribution in [0.25, 0.3) is 0 Å². The minimum Gasteiger partial charge on any atom is -0.480 e. The zero-order valence-electron chi connectivity index (χ0n) is 11.6. The van der Waals surface area contributed by atoms with Crippen LogP contribution in [0.1, 0.15) is 12.5 Å². The van der Waals surface area contributed by atoms with Crippen molar-refractivity contribution in [3.8, 4) is 0 Å². The molecule has 0 unspecified atom stereocenters. The maximum atomic E-state index is 11.9. The van der Waals surface area contributed by atoms with Gasteiger partial charge in [-0.15, -0.1) is 0 Å². The summed E-state index contributed by atoms with van der Waals surface area (Å²) >= 11 is 6.01. The van der Waals surface area contributed by atoms with Gasteiger partial charge in [-0.1, -0.05) is 29.8 Å². The van der Waals surface area contributed by atoms with Crippen LogP contribution in [0.5, 0.6) is 0 Å². The minimum absolute atomic E-state index is 0.216. The van der Waals surface area contributed by atoms with Gasteiger partial charge in [0.15, 0.2) is 0 Å². The molecule has 6 nitrogen and oxygen atoms in total. The van der Waals surface area contributed by atoms with E-state index in [-0.39, 0.29) is 12.6 Å². The number of amides is 2. The Morgan fingerprint density at radius 1 is 1.43 bits per heavy atom. The fourth-order valence-corrected chi connectivity index (χ4v) is 2.36. The third-order valence-electron chi connectivity index (χ3n) is 3.27.